The Morgan fingerprint density at radius 3 is 2.75 bits per heavy atom. The van der Waals surface area contributed by atoms with Crippen LogP contribution in [0, 0.1) is 23.7 Å². The lowest BCUT2D eigenvalue weighted by molar-refractivity contribution is 0.0589. The first-order valence-corrected chi connectivity index (χ1v) is 7.21. The van der Waals surface area contributed by atoms with Crippen LogP contribution in [-0.2, 0) is 0 Å². The highest BCUT2D eigenvalue weighted by Gasteiger charge is 2.40. The molecule has 0 aromatic rings. The molecule has 2 bridgehead atoms. The number of rotatable bonds is 3. The first-order valence-electron chi connectivity index (χ1n) is 7.21. The van der Waals surface area contributed by atoms with Crippen molar-refractivity contribution >= 4 is 0 Å². The van der Waals surface area contributed by atoms with Crippen LogP contribution in [-0.4, -0.2) is 24.3 Å². The molecule has 1 saturated heterocycles. The average molecular weight is 223 g/mol. The molecule has 16 heavy (non-hydrogen) atoms. The fourth-order valence-electron chi connectivity index (χ4n) is 4.37. The molecule has 5 atom stereocenters. The van der Waals surface area contributed by atoms with Gasteiger partial charge in [-0.05, 0) is 68.7 Å². The van der Waals surface area contributed by atoms with Gasteiger partial charge in [-0.1, -0.05) is 6.42 Å². The van der Waals surface area contributed by atoms with Crippen molar-refractivity contribution < 1.29 is 5.11 Å². The maximum Gasteiger partial charge on any atom is 0.0583 e. The van der Waals surface area contributed by atoms with E-state index < -0.39 is 0 Å². The zero-order valence-electron chi connectivity index (χ0n) is 10.2. The number of aliphatic hydroxyl groups excluding tert-OH is 1. The second-order valence-corrected chi connectivity index (χ2v) is 6.34. The molecule has 2 saturated carbocycles. The van der Waals surface area contributed by atoms with Gasteiger partial charge in [-0.3, -0.25) is 0 Å². The van der Waals surface area contributed by atoms with Crippen LogP contribution in [0.25, 0.3) is 0 Å². The van der Waals surface area contributed by atoms with E-state index in [0.717, 1.165) is 37.3 Å². The molecule has 3 rings (SSSR count). The smallest absolute Gasteiger partial charge is 0.0583 e. The molecule has 3 aliphatic rings. The van der Waals surface area contributed by atoms with Crippen LogP contribution in [0.1, 0.15) is 44.9 Å². The fourth-order valence-corrected chi connectivity index (χ4v) is 4.37. The summed E-state index contributed by atoms with van der Waals surface area (Å²) in [6.07, 6.45) is 9.35. The summed E-state index contributed by atoms with van der Waals surface area (Å²) < 4.78 is 0. The van der Waals surface area contributed by atoms with Gasteiger partial charge in [-0.2, -0.15) is 0 Å². The van der Waals surface area contributed by atoms with E-state index in [9.17, 15) is 5.11 Å². The summed E-state index contributed by atoms with van der Waals surface area (Å²) in [5.74, 6) is 3.38. The van der Waals surface area contributed by atoms with Gasteiger partial charge in [0.25, 0.3) is 0 Å². The van der Waals surface area contributed by atoms with Crippen molar-refractivity contribution in [3.05, 3.63) is 0 Å². The minimum atomic E-state index is -0.0304. The van der Waals surface area contributed by atoms with Crippen LogP contribution in [0.3, 0.4) is 0 Å². The summed E-state index contributed by atoms with van der Waals surface area (Å²) in [5.41, 5.74) is 0. The molecule has 0 amide bonds. The molecule has 0 spiro atoms. The van der Waals surface area contributed by atoms with E-state index in [0.29, 0.717) is 5.92 Å². The first-order chi connectivity index (χ1) is 7.83. The van der Waals surface area contributed by atoms with Gasteiger partial charge < -0.3 is 10.4 Å². The van der Waals surface area contributed by atoms with Gasteiger partial charge in [0.05, 0.1) is 6.10 Å². The van der Waals surface area contributed by atoms with Crippen LogP contribution in [0.15, 0.2) is 0 Å². The van der Waals surface area contributed by atoms with Crippen molar-refractivity contribution in [3.8, 4) is 0 Å². The summed E-state index contributed by atoms with van der Waals surface area (Å²) in [4.78, 5) is 0. The first kappa shape index (κ1) is 11.0. The average Bonchev–Trinajstić information content (AvgIpc) is 2.92. The molecule has 0 aromatic heterocycles. The zero-order valence-corrected chi connectivity index (χ0v) is 10.2. The molecule has 0 radical (unpaired) electrons. The summed E-state index contributed by atoms with van der Waals surface area (Å²) in [6, 6.07) is 0. The summed E-state index contributed by atoms with van der Waals surface area (Å²) in [5, 5.41) is 13.7. The molecule has 0 aromatic carbocycles. The second kappa shape index (κ2) is 4.66. The minimum absolute atomic E-state index is 0.0304. The Morgan fingerprint density at radius 2 is 2.12 bits per heavy atom. The van der Waals surface area contributed by atoms with E-state index in [1.807, 2.05) is 0 Å². The van der Waals surface area contributed by atoms with Crippen molar-refractivity contribution in [2.75, 3.05) is 13.1 Å². The van der Waals surface area contributed by atoms with Crippen molar-refractivity contribution in [3.63, 3.8) is 0 Å². The van der Waals surface area contributed by atoms with E-state index in [1.54, 1.807) is 0 Å². The van der Waals surface area contributed by atoms with E-state index in [4.69, 9.17) is 0 Å². The van der Waals surface area contributed by atoms with Crippen LogP contribution in [0.2, 0.25) is 0 Å². The van der Waals surface area contributed by atoms with Crippen LogP contribution < -0.4 is 5.32 Å². The lowest BCUT2D eigenvalue weighted by atomic mass is 9.81. The maximum atomic E-state index is 10.3. The second-order valence-electron chi connectivity index (χ2n) is 6.34. The summed E-state index contributed by atoms with van der Waals surface area (Å²) >= 11 is 0. The van der Waals surface area contributed by atoms with Gasteiger partial charge in [0.15, 0.2) is 0 Å². The number of nitrogens with one attached hydrogen (secondary N) is 1. The quantitative estimate of drug-likeness (QED) is 0.768. The van der Waals surface area contributed by atoms with Crippen molar-refractivity contribution in [2.24, 2.45) is 23.7 Å². The molecular formula is C14H25NO. The molecule has 1 aliphatic heterocycles. The summed E-state index contributed by atoms with van der Waals surface area (Å²) in [6.45, 7) is 2.19. The van der Waals surface area contributed by atoms with Gasteiger partial charge in [-0.25, -0.2) is 0 Å². The third-order valence-corrected chi connectivity index (χ3v) is 5.31. The number of aliphatic hydroxyl groups is 1. The van der Waals surface area contributed by atoms with Crippen molar-refractivity contribution in [2.45, 2.75) is 51.0 Å². The van der Waals surface area contributed by atoms with Crippen LogP contribution in [0.4, 0.5) is 0 Å². The molecule has 2 N–H and O–H groups in total. The fraction of sp³-hybridized carbons (Fsp3) is 1.00. The van der Waals surface area contributed by atoms with Crippen molar-refractivity contribution in [1.29, 1.82) is 0 Å². The largest absolute Gasteiger partial charge is 0.393 e. The Bertz CT molecular complexity index is 237. The topological polar surface area (TPSA) is 32.3 Å². The predicted molar refractivity (Wildman–Crippen MR) is 65.2 cm³/mol. The van der Waals surface area contributed by atoms with Gasteiger partial charge in [0.1, 0.15) is 0 Å². The number of fused-ring (bicyclic) bond motifs is 2. The number of piperidine rings is 1. The van der Waals surface area contributed by atoms with E-state index >= 15 is 0 Å². The van der Waals surface area contributed by atoms with Crippen molar-refractivity contribution in [1.82, 2.24) is 5.32 Å². The molecule has 1 heterocycles. The van der Waals surface area contributed by atoms with Gasteiger partial charge in [0, 0.05) is 6.54 Å². The predicted octanol–water partition coefficient (Wildman–Crippen LogP) is 2.17. The third kappa shape index (κ3) is 2.14. The molecule has 3 fully saturated rings. The SMILES string of the molecule is OC(CC1CC2CCC1C2)C1CCCNC1. The molecular weight excluding hydrogens is 198 g/mol. The Labute approximate surface area is 98.8 Å². The zero-order chi connectivity index (χ0) is 11.0. The third-order valence-electron chi connectivity index (χ3n) is 5.31. The summed E-state index contributed by atoms with van der Waals surface area (Å²) in [7, 11) is 0. The minimum Gasteiger partial charge on any atom is -0.393 e. The van der Waals surface area contributed by atoms with Crippen LogP contribution in [0.5, 0.6) is 0 Å². The standard InChI is InChI=1S/C14H25NO/c16-14(12-2-1-5-15-9-12)8-13-7-10-3-4-11(13)6-10/h10-16H,1-9H2. The molecule has 92 valence electrons. The molecule has 2 heteroatoms. The highest BCUT2D eigenvalue weighted by atomic mass is 16.3. The normalized spacial score (nSPS) is 44.8. The highest BCUT2D eigenvalue weighted by Crippen LogP contribution is 2.50. The van der Waals surface area contributed by atoms with Gasteiger partial charge in [-0.15, -0.1) is 0 Å². The lowest BCUT2D eigenvalue weighted by Crippen LogP contribution is -2.38. The van der Waals surface area contributed by atoms with E-state index in [1.165, 1.54) is 38.5 Å². The Morgan fingerprint density at radius 1 is 1.19 bits per heavy atom. The number of hydrogen-bond donors (Lipinski definition) is 2. The molecule has 5 unspecified atom stereocenters. The molecule has 2 aliphatic carbocycles. The maximum absolute atomic E-state index is 10.3. The lowest BCUT2D eigenvalue weighted by Gasteiger charge is -2.31. The monoisotopic (exact) mass is 223 g/mol. The number of hydrogen-bond acceptors (Lipinski definition) is 2. The Hall–Kier alpha value is -0.0800. The molecule has 2 nitrogen and oxygen atoms in total. The van der Waals surface area contributed by atoms with Crippen LogP contribution >= 0.6 is 0 Å². The van der Waals surface area contributed by atoms with E-state index in [-0.39, 0.29) is 6.10 Å². The highest BCUT2D eigenvalue weighted by molar-refractivity contribution is 4.91. The van der Waals surface area contributed by atoms with E-state index in [2.05, 4.69) is 5.32 Å². The Balaban J connectivity index is 1.50. The van der Waals surface area contributed by atoms with Gasteiger partial charge in [0.2, 0.25) is 0 Å². The Kier molecular flexibility index (Phi) is 3.21. The van der Waals surface area contributed by atoms with Gasteiger partial charge >= 0.3 is 0 Å².